The van der Waals surface area contributed by atoms with Crippen LogP contribution < -0.4 is 4.74 Å². The van der Waals surface area contributed by atoms with E-state index in [2.05, 4.69) is 15.9 Å². The molecular formula is C14H12BrFO2. The third-order valence-corrected chi connectivity index (χ3v) is 3.10. The molecule has 0 aliphatic heterocycles. The lowest BCUT2D eigenvalue weighted by molar-refractivity contribution is 0.303. The van der Waals surface area contributed by atoms with Gasteiger partial charge in [-0.1, -0.05) is 28.1 Å². The number of aromatic hydroxyl groups is 1. The van der Waals surface area contributed by atoms with Gasteiger partial charge in [-0.3, -0.25) is 0 Å². The van der Waals surface area contributed by atoms with Crippen molar-refractivity contribution in [3.63, 3.8) is 0 Å². The minimum atomic E-state index is -0.276. The fraction of sp³-hybridized carbons (Fsp3) is 0.143. The third-order valence-electron chi connectivity index (χ3n) is 2.50. The maximum absolute atomic E-state index is 13.0. The molecule has 0 unspecified atom stereocenters. The molecule has 0 heterocycles. The van der Waals surface area contributed by atoms with Crippen LogP contribution in [0.1, 0.15) is 11.1 Å². The molecule has 0 amide bonds. The highest BCUT2D eigenvalue weighted by atomic mass is 79.9. The fourth-order valence-corrected chi connectivity index (χ4v) is 1.98. The van der Waals surface area contributed by atoms with E-state index in [1.807, 2.05) is 0 Å². The number of phenolic OH excluding ortho intramolecular Hbond substituents is 1. The van der Waals surface area contributed by atoms with Gasteiger partial charge in [0.05, 0.1) is 0 Å². The van der Waals surface area contributed by atoms with Crippen molar-refractivity contribution < 1.29 is 14.2 Å². The number of phenols is 1. The van der Waals surface area contributed by atoms with Crippen LogP contribution in [-0.2, 0) is 11.9 Å². The molecule has 0 aliphatic carbocycles. The molecule has 1 N–H and O–H groups in total. The Kier molecular flexibility index (Phi) is 4.20. The van der Waals surface area contributed by atoms with Crippen LogP contribution in [0.4, 0.5) is 4.39 Å². The van der Waals surface area contributed by atoms with Crippen LogP contribution in [-0.4, -0.2) is 5.11 Å². The fourth-order valence-electron chi connectivity index (χ4n) is 1.55. The maximum Gasteiger partial charge on any atom is 0.124 e. The second-order valence-electron chi connectivity index (χ2n) is 3.84. The maximum atomic E-state index is 13.0. The summed E-state index contributed by atoms with van der Waals surface area (Å²) >= 11 is 3.30. The van der Waals surface area contributed by atoms with Gasteiger partial charge in [0.15, 0.2) is 0 Å². The second-order valence-corrected chi connectivity index (χ2v) is 4.40. The largest absolute Gasteiger partial charge is 0.508 e. The van der Waals surface area contributed by atoms with Gasteiger partial charge < -0.3 is 9.84 Å². The quantitative estimate of drug-likeness (QED) is 0.865. The summed E-state index contributed by atoms with van der Waals surface area (Å²) in [6, 6.07) is 11.2. The van der Waals surface area contributed by atoms with Gasteiger partial charge in [0.1, 0.15) is 23.9 Å². The Morgan fingerprint density at radius 2 is 1.83 bits per heavy atom. The Labute approximate surface area is 113 Å². The Balaban J connectivity index is 2.08. The van der Waals surface area contributed by atoms with Gasteiger partial charge in [-0.25, -0.2) is 4.39 Å². The van der Waals surface area contributed by atoms with E-state index in [0.29, 0.717) is 17.7 Å². The average Bonchev–Trinajstić information content (AvgIpc) is 2.39. The van der Waals surface area contributed by atoms with Crippen molar-refractivity contribution in [2.45, 2.75) is 11.9 Å². The molecule has 0 bridgehead atoms. The monoisotopic (exact) mass is 310 g/mol. The van der Waals surface area contributed by atoms with Crippen LogP contribution in [0, 0.1) is 5.82 Å². The first-order chi connectivity index (χ1) is 8.69. The Bertz CT molecular complexity index is 526. The summed E-state index contributed by atoms with van der Waals surface area (Å²) in [5.74, 6) is 0.601. The van der Waals surface area contributed by atoms with E-state index in [-0.39, 0.29) is 11.6 Å². The standard InChI is InChI=1S/C14H12BrFO2/c15-8-11-7-12(16)3-6-14(11)18-9-10-1-4-13(17)5-2-10/h1-7,17H,8-9H2. The average molecular weight is 311 g/mol. The molecule has 0 saturated heterocycles. The van der Waals surface area contributed by atoms with Gasteiger partial charge in [-0.05, 0) is 35.9 Å². The highest BCUT2D eigenvalue weighted by Gasteiger charge is 2.04. The predicted molar refractivity (Wildman–Crippen MR) is 71.5 cm³/mol. The first-order valence-electron chi connectivity index (χ1n) is 5.44. The van der Waals surface area contributed by atoms with Crippen molar-refractivity contribution in [3.05, 3.63) is 59.4 Å². The highest BCUT2D eigenvalue weighted by molar-refractivity contribution is 9.08. The molecule has 4 heteroatoms. The van der Waals surface area contributed by atoms with Gasteiger partial charge in [0.25, 0.3) is 0 Å². The normalized spacial score (nSPS) is 10.3. The molecule has 0 fully saturated rings. The van der Waals surface area contributed by atoms with Crippen LogP contribution in [0.25, 0.3) is 0 Å². The number of ether oxygens (including phenoxy) is 1. The summed E-state index contributed by atoms with van der Waals surface area (Å²) in [5, 5.41) is 9.70. The van der Waals surface area contributed by atoms with Crippen molar-refractivity contribution in [2.75, 3.05) is 0 Å². The lowest BCUT2D eigenvalue weighted by Crippen LogP contribution is -1.98. The molecule has 2 nitrogen and oxygen atoms in total. The van der Waals surface area contributed by atoms with Crippen LogP contribution in [0.2, 0.25) is 0 Å². The van der Waals surface area contributed by atoms with E-state index in [0.717, 1.165) is 11.1 Å². The molecule has 2 rings (SSSR count). The minimum absolute atomic E-state index is 0.224. The number of hydrogen-bond donors (Lipinski definition) is 1. The number of hydrogen-bond acceptors (Lipinski definition) is 2. The molecule has 18 heavy (non-hydrogen) atoms. The van der Waals surface area contributed by atoms with Crippen molar-refractivity contribution in [3.8, 4) is 11.5 Å². The summed E-state index contributed by atoms with van der Waals surface area (Å²) in [7, 11) is 0. The molecule has 0 saturated carbocycles. The number of halogens is 2. The Morgan fingerprint density at radius 3 is 2.50 bits per heavy atom. The summed E-state index contributed by atoms with van der Waals surface area (Å²) in [4.78, 5) is 0. The third kappa shape index (κ3) is 3.23. The van der Waals surface area contributed by atoms with Crippen molar-refractivity contribution in [2.24, 2.45) is 0 Å². The lowest BCUT2D eigenvalue weighted by Gasteiger charge is -2.10. The first-order valence-corrected chi connectivity index (χ1v) is 6.56. The molecule has 0 aliphatic rings. The molecule has 0 aromatic heterocycles. The van der Waals surface area contributed by atoms with Gasteiger partial charge in [0.2, 0.25) is 0 Å². The summed E-state index contributed by atoms with van der Waals surface area (Å²) in [6.45, 7) is 0.381. The Hall–Kier alpha value is -1.55. The van der Waals surface area contributed by atoms with Gasteiger partial charge in [-0.2, -0.15) is 0 Å². The first kappa shape index (κ1) is 12.9. The van der Waals surface area contributed by atoms with Gasteiger partial charge >= 0.3 is 0 Å². The Morgan fingerprint density at radius 1 is 1.11 bits per heavy atom. The number of alkyl halides is 1. The minimum Gasteiger partial charge on any atom is -0.508 e. The van der Waals surface area contributed by atoms with Crippen molar-refractivity contribution in [1.82, 2.24) is 0 Å². The zero-order valence-corrected chi connectivity index (χ0v) is 11.2. The van der Waals surface area contributed by atoms with Crippen LogP contribution in [0.15, 0.2) is 42.5 Å². The molecule has 94 valence electrons. The topological polar surface area (TPSA) is 29.5 Å². The number of rotatable bonds is 4. The smallest absolute Gasteiger partial charge is 0.124 e. The molecule has 0 spiro atoms. The summed E-state index contributed by atoms with van der Waals surface area (Å²) in [5.41, 5.74) is 1.71. The van der Waals surface area contributed by atoms with Crippen molar-refractivity contribution >= 4 is 15.9 Å². The van der Waals surface area contributed by atoms with Crippen molar-refractivity contribution in [1.29, 1.82) is 0 Å². The van der Waals surface area contributed by atoms with Gasteiger partial charge in [0, 0.05) is 10.9 Å². The second kappa shape index (κ2) is 5.87. The SMILES string of the molecule is Oc1ccc(COc2ccc(F)cc2CBr)cc1. The molecule has 2 aromatic rings. The van der Waals surface area contributed by atoms with Crippen LogP contribution in [0.3, 0.4) is 0 Å². The zero-order valence-electron chi connectivity index (χ0n) is 9.57. The summed E-state index contributed by atoms with van der Waals surface area (Å²) in [6.07, 6.45) is 0. The molecular weight excluding hydrogens is 299 g/mol. The lowest BCUT2D eigenvalue weighted by atomic mass is 10.2. The number of benzene rings is 2. The van der Waals surface area contributed by atoms with E-state index in [9.17, 15) is 4.39 Å². The van der Waals surface area contributed by atoms with E-state index in [1.165, 1.54) is 12.1 Å². The van der Waals surface area contributed by atoms with E-state index >= 15 is 0 Å². The molecule has 2 aromatic carbocycles. The van der Waals surface area contributed by atoms with Gasteiger partial charge in [-0.15, -0.1) is 0 Å². The van der Waals surface area contributed by atoms with E-state index in [1.54, 1.807) is 30.3 Å². The van der Waals surface area contributed by atoms with Crippen LogP contribution in [0.5, 0.6) is 11.5 Å². The highest BCUT2D eigenvalue weighted by Crippen LogP contribution is 2.23. The van der Waals surface area contributed by atoms with E-state index < -0.39 is 0 Å². The van der Waals surface area contributed by atoms with E-state index in [4.69, 9.17) is 9.84 Å². The summed E-state index contributed by atoms with van der Waals surface area (Å²) < 4.78 is 18.7. The molecule has 0 atom stereocenters. The van der Waals surface area contributed by atoms with Crippen LogP contribution >= 0.6 is 15.9 Å². The molecule has 0 radical (unpaired) electrons. The predicted octanol–water partition coefficient (Wildman–Crippen LogP) is 4.01. The zero-order chi connectivity index (χ0) is 13.0.